The van der Waals surface area contributed by atoms with Gasteiger partial charge in [0.1, 0.15) is 5.75 Å². The Bertz CT molecular complexity index is 551. The Kier molecular flexibility index (Phi) is 3.07. The van der Waals surface area contributed by atoms with Crippen molar-refractivity contribution in [3.8, 4) is 5.75 Å². The Balaban J connectivity index is 1.59. The van der Waals surface area contributed by atoms with Gasteiger partial charge in [-0.1, -0.05) is 24.3 Å². The van der Waals surface area contributed by atoms with Gasteiger partial charge >= 0.3 is 0 Å². The number of hydrazone groups is 1. The van der Waals surface area contributed by atoms with E-state index in [2.05, 4.69) is 22.7 Å². The quantitative estimate of drug-likeness (QED) is 0.494. The summed E-state index contributed by atoms with van der Waals surface area (Å²) in [6, 6.07) is 6.88. The normalized spacial score (nSPS) is 28.1. The lowest BCUT2D eigenvalue weighted by molar-refractivity contribution is -0.125. The molecule has 0 unspecified atom stereocenters. The summed E-state index contributed by atoms with van der Waals surface area (Å²) in [4.78, 5) is 12.0. The second kappa shape index (κ2) is 4.88. The van der Waals surface area contributed by atoms with Crippen molar-refractivity contribution in [1.82, 2.24) is 5.43 Å². The van der Waals surface area contributed by atoms with Crippen molar-refractivity contribution in [3.63, 3.8) is 0 Å². The molecule has 1 amide bonds. The third kappa shape index (κ3) is 2.38. The van der Waals surface area contributed by atoms with Gasteiger partial charge < -0.3 is 5.11 Å². The summed E-state index contributed by atoms with van der Waals surface area (Å²) in [6.45, 7) is 0. The molecule has 4 nitrogen and oxygen atoms in total. The minimum Gasteiger partial charge on any atom is -0.507 e. The van der Waals surface area contributed by atoms with E-state index in [1.807, 2.05) is 6.07 Å². The highest BCUT2D eigenvalue weighted by Crippen LogP contribution is 2.43. The van der Waals surface area contributed by atoms with Gasteiger partial charge in [-0.2, -0.15) is 5.10 Å². The van der Waals surface area contributed by atoms with Crippen molar-refractivity contribution in [2.45, 2.75) is 12.8 Å². The molecule has 1 fully saturated rings. The monoisotopic (exact) mass is 256 g/mol. The summed E-state index contributed by atoms with van der Waals surface area (Å²) in [5.74, 6) is 1.14. The van der Waals surface area contributed by atoms with Crippen LogP contribution in [-0.2, 0) is 4.79 Å². The van der Waals surface area contributed by atoms with Gasteiger partial charge in [-0.3, -0.25) is 4.79 Å². The first-order valence-electron chi connectivity index (χ1n) is 6.53. The van der Waals surface area contributed by atoms with Crippen LogP contribution in [0.3, 0.4) is 0 Å². The van der Waals surface area contributed by atoms with Gasteiger partial charge in [0, 0.05) is 11.5 Å². The third-order valence-corrected chi connectivity index (χ3v) is 3.93. The Morgan fingerprint density at radius 1 is 1.32 bits per heavy atom. The SMILES string of the molecule is O=C(N/N=C/c1ccccc1O)[C@@H]1C[C@H]2C=C[C@@H]1C2. The molecule has 0 aromatic heterocycles. The molecule has 1 saturated carbocycles. The molecule has 0 heterocycles. The largest absolute Gasteiger partial charge is 0.507 e. The summed E-state index contributed by atoms with van der Waals surface area (Å²) in [6.07, 6.45) is 7.85. The maximum atomic E-state index is 12.0. The molecule has 0 aliphatic heterocycles. The van der Waals surface area contributed by atoms with Crippen molar-refractivity contribution < 1.29 is 9.90 Å². The van der Waals surface area contributed by atoms with Gasteiger partial charge in [0.15, 0.2) is 0 Å². The fourth-order valence-corrected chi connectivity index (χ4v) is 2.93. The van der Waals surface area contributed by atoms with Gasteiger partial charge in [0.25, 0.3) is 0 Å². The van der Waals surface area contributed by atoms with Crippen molar-refractivity contribution in [2.24, 2.45) is 22.9 Å². The summed E-state index contributed by atoms with van der Waals surface area (Å²) in [5.41, 5.74) is 3.16. The van der Waals surface area contributed by atoms with Crippen LogP contribution < -0.4 is 5.43 Å². The number of para-hydroxylation sites is 1. The van der Waals surface area contributed by atoms with Crippen molar-refractivity contribution in [2.75, 3.05) is 0 Å². The van der Waals surface area contributed by atoms with Crippen LogP contribution in [0.4, 0.5) is 0 Å². The number of hydrogen-bond acceptors (Lipinski definition) is 3. The van der Waals surface area contributed by atoms with E-state index in [0.29, 0.717) is 17.4 Å². The number of hydrogen-bond donors (Lipinski definition) is 2. The number of carbonyl (C=O) groups is 1. The van der Waals surface area contributed by atoms with Crippen molar-refractivity contribution >= 4 is 12.1 Å². The zero-order chi connectivity index (χ0) is 13.2. The number of phenolic OH excluding ortho intramolecular Hbond substituents is 1. The number of aromatic hydroxyl groups is 1. The molecule has 3 atom stereocenters. The highest BCUT2D eigenvalue weighted by molar-refractivity contribution is 5.85. The molecular weight excluding hydrogens is 240 g/mol. The Morgan fingerprint density at radius 3 is 2.84 bits per heavy atom. The van der Waals surface area contributed by atoms with E-state index in [9.17, 15) is 9.90 Å². The van der Waals surface area contributed by atoms with Crippen LogP contribution >= 0.6 is 0 Å². The van der Waals surface area contributed by atoms with E-state index in [1.165, 1.54) is 6.21 Å². The van der Waals surface area contributed by atoms with Gasteiger partial charge in [-0.25, -0.2) is 5.43 Å². The van der Waals surface area contributed by atoms with E-state index in [-0.39, 0.29) is 17.6 Å². The third-order valence-electron chi connectivity index (χ3n) is 3.93. The summed E-state index contributed by atoms with van der Waals surface area (Å²) < 4.78 is 0. The fourth-order valence-electron chi connectivity index (χ4n) is 2.93. The minimum atomic E-state index is -0.0245. The lowest BCUT2D eigenvalue weighted by atomic mass is 9.93. The lowest BCUT2D eigenvalue weighted by Gasteiger charge is -2.15. The second-order valence-corrected chi connectivity index (χ2v) is 5.18. The number of nitrogens with zero attached hydrogens (tertiary/aromatic N) is 1. The van der Waals surface area contributed by atoms with E-state index in [1.54, 1.807) is 18.2 Å². The number of rotatable bonds is 3. The maximum Gasteiger partial charge on any atom is 0.243 e. The number of fused-ring (bicyclic) bond motifs is 2. The van der Waals surface area contributed by atoms with E-state index in [0.717, 1.165) is 12.8 Å². The first-order chi connectivity index (χ1) is 9.24. The van der Waals surface area contributed by atoms with E-state index >= 15 is 0 Å². The molecule has 19 heavy (non-hydrogen) atoms. The summed E-state index contributed by atoms with van der Waals surface area (Å²) >= 11 is 0. The van der Waals surface area contributed by atoms with Gasteiger partial charge in [-0.15, -0.1) is 0 Å². The topological polar surface area (TPSA) is 61.7 Å². The number of benzene rings is 1. The molecule has 1 aromatic rings. The first kappa shape index (κ1) is 12.0. The molecule has 0 spiro atoms. The second-order valence-electron chi connectivity index (χ2n) is 5.18. The number of carbonyl (C=O) groups excluding carboxylic acids is 1. The fraction of sp³-hybridized carbons (Fsp3) is 0.333. The predicted octanol–water partition coefficient (Wildman–Crippen LogP) is 2.05. The van der Waals surface area contributed by atoms with Crippen LogP contribution in [0.15, 0.2) is 41.5 Å². The van der Waals surface area contributed by atoms with Crippen LogP contribution in [0.25, 0.3) is 0 Å². The van der Waals surface area contributed by atoms with Crippen molar-refractivity contribution in [3.05, 3.63) is 42.0 Å². The van der Waals surface area contributed by atoms with Crippen LogP contribution in [0, 0.1) is 17.8 Å². The smallest absolute Gasteiger partial charge is 0.243 e. The summed E-state index contributed by atoms with van der Waals surface area (Å²) in [7, 11) is 0. The molecule has 0 saturated heterocycles. The molecule has 2 aliphatic rings. The Hall–Kier alpha value is -2.10. The molecule has 4 heteroatoms. The number of allylic oxidation sites excluding steroid dienone is 2. The van der Waals surface area contributed by atoms with Crippen LogP contribution in [0.1, 0.15) is 18.4 Å². The molecule has 2 aliphatic carbocycles. The zero-order valence-electron chi connectivity index (χ0n) is 10.5. The number of amides is 1. The molecule has 3 rings (SSSR count). The number of nitrogens with one attached hydrogen (secondary N) is 1. The highest BCUT2D eigenvalue weighted by Gasteiger charge is 2.39. The molecule has 98 valence electrons. The molecule has 1 aromatic carbocycles. The number of phenols is 1. The molecule has 2 N–H and O–H groups in total. The van der Waals surface area contributed by atoms with Crippen LogP contribution in [0.2, 0.25) is 0 Å². The Morgan fingerprint density at radius 2 is 2.16 bits per heavy atom. The zero-order valence-corrected chi connectivity index (χ0v) is 10.5. The predicted molar refractivity (Wildman–Crippen MR) is 72.7 cm³/mol. The van der Waals surface area contributed by atoms with E-state index in [4.69, 9.17) is 0 Å². The average Bonchev–Trinajstić information content (AvgIpc) is 3.03. The van der Waals surface area contributed by atoms with Gasteiger partial charge in [0.05, 0.1) is 6.21 Å². The molecule has 0 radical (unpaired) electrons. The summed E-state index contributed by atoms with van der Waals surface area (Å²) in [5, 5.41) is 13.5. The highest BCUT2D eigenvalue weighted by atomic mass is 16.3. The van der Waals surface area contributed by atoms with Crippen LogP contribution in [0.5, 0.6) is 5.75 Å². The van der Waals surface area contributed by atoms with Crippen molar-refractivity contribution in [1.29, 1.82) is 0 Å². The van der Waals surface area contributed by atoms with Gasteiger partial charge in [0.2, 0.25) is 5.91 Å². The van der Waals surface area contributed by atoms with E-state index < -0.39 is 0 Å². The molecular formula is C15H16N2O2. The van der Waals surface area contributed by atoms with Gasteiger partial charge in [-0.05, 0) is 36.8 Å². The minimum absolute atomic E-state index is 0.0245. The average molecular weight is 256 g/mol. The maximum absolute atomic E-state index is 12.0. The first-order valence-corrected chi connectivity index (χ1v) is 6.53. The molecule has 2 bridgehead atoms. The lowest BCUT2D eigenvalue weighted by Crippen LogP contribution is -2.29. The van der Waals surface area contributed by atoms with Crippen LogP contribution in [-0.4, -0.2) is 17.2 Å². The standard InChI is InChI=1S/C15H16N2O2/c18-14-4-2-1-3-12(14)9-16-17-15(19)13-8-10-5-6-11(13)7-10/h1-6,9-11,13,18H,7-8H2,(H,17,19)/b16-9+/t10-,11+,13+/m0/s1. The Labute approximate surface area is 111 Å².